The van der Waals surface area contributed by atoms with Gasteiger partial charge in [0.05, 0.1) is 7.11 Å². The Labute approximate surface area is 119 Å². The predicted molar refractivity (Wildman–Crippen MR) is 78.5 cm³/mol. The Morgan fingerprint density at radius 3 is 2.00 bits per heavy atom. The molecule has 0 saturated carbocycles. The van der Waals surface area contributed by atoms with Gasteiger partial charge in [0.2, 0.25) is 0 Å². The minimum atomic E-state index is -0.0657. The maximum Gasteiger partial charge on any atom is 0.159 e. The molecule has 0 N–H and O–H groups in total. The lowest BCUT2D eigenvalue weighted by molar-refractivity contribution is 0.101. The number of ether oxygens (including phenoxy) is 2. The van der Waals surface area contributed by atoms with Crippen LogP contribution in [0.2, 0.25) is 0 Å². The molecule has 2 rings (SSSR count). The van der Waals surface area contributed by atoms with Crippen molar-refractivity contribution in [2.75, 3.05) is 7.11 Å². The second-order valence-electron chi connectivity index (χ2n) is 4.61. The maximum absolute atomic E-state index is 11.2. The Hall–Kier alpha value is -2.29. The second-order valence-corrected chi connectivity index (χ2v) is 4.61. The minimum absolute atomic E-state index is 0.0553. The highest BCUT2D eigenvalue weighted by atomic mass is 16.5. The summed E-state index contributed by atoms with van der Waals surface area (Å²) in [7, 11) is 1.64. The van der Waals surface area contributed by atoms with Gasteiger partial charge in [-0.3, -0.25) is 4.79 Å². The smallest absolute Gasteiger partial charge is 0.159 e. The van der Waals surface area contributed by atoms with Crippen molar-refractivity contribution in [3.05, 3.63) is 59.7 Å². The second kappa shape index (κ2) is 6.24. The molecule has 1 atom stereocenters. The van der Waals surface area contributed by atoms with Crippen molar-refractivity contribution in [2.45, 2.75) is 20.0 Å². The van der Waals surface area contributed by atoms with Gasteiger partial charge in [0.15, 0.2) is 5.78 Å². The van der Waals surface area contributed by atoms with Crippen molar-refractivity contribution >= 4 is 5.78 Å². The topological polar surface area (TPSA) is 35.5 Å². The summed E-state index contributed by atoms with van der Waals surface area (Å²) in [4.78, 5) is 11.2. The number of Topliss-reactive ketones (excluding diaryl/α,β-unsaturated/α-hetero) is 1. The third-order valence-corrected chi connectivity index (χ3v) is 3.16. The molecule has 1 unspecified atom stereocenters. The van der Waals surface area contributed by atoms with Gasteiger partial charge in [-0.2, -0.15) is 0 Å². The lowest BCUT2D eigenvalue weighted by atomic mass is 10.1. The van der Waals surface area contributed by atoms with E-state index in [1.807, 2.05) is 43.3 Å². The van der Waals surface area contributed by atoms with Gasteiger partial charge in [0, 0.05) is 5.56 Å². The molecule has 0 spiro atoms. The lowest BCUT2D eigenvalue weighted by Crippen LogP contribution is -2.03. The van der Waals surface area contributed by atoms with Gasteiger partial charge < -0.3 is 9.47 Å². The summed E-state index contributed by atoms with van der Waals surface area (Å²) in [5, 5.41) is 0. The van der Waals surface area contributed by atoms with E-state index < -0.39 is 0 Å². The molecular weight excluding hydrogens is 252 g/mol. The number of rotatable bonds is 5. The molecule has 0 radical (unpaired) electrons. The van der Waals surface area contributed by atoms with Crippen LogP contribution >= 0.6 is 0 Å². The zero-order valence-corrected chi connectivity index (χ0v) is 11.9. The standard InChI is InChI=1S/C17H18O3/c1-12(18)14-4-10-17(11-5-14)20-13(2)15-6-8-16(19-3)9-7-15/h4-11,13H,1-3H3. The maximum atomic E-state index is 11.2. The minimum Gasteiger partial charge on any atom is -0.497 e. The highest BCUT2D eigenvalue weighted by molar-refractivity contribution is 5.94. The van der Waals surface area contributed by atoms with Crippen LogP contribution in [0.3, 0.4) is 0 Å². The van der Waals surface area contributed by atoms with Crippen LogP contribution in [0.25, 0.3) is 0 Å². The average Bonchev–Trinajstić information content (AvgIpc) is 2.48. The SMILES string of the molecule is COc1ccc(C(C)Oc2ccc(C(C)=O)cc2)cc1. The number of carbonyl (C=O) groups excluding carboxylic acids is 1. The third-order valence-electron chi connectivity index (χ3n) is 3.16. The van der Waals surface area contributed by atoms with Crippen LogP contribution in [-0.2, 0) is 0 Å². The van der Waals surface area contributed by atoms with Crippen LogP contribution in [0, 0.1) is 0 Å². The third kappa shape index (κ3) is 3.38. The monoisotopic (exact) mass is 270 g/mol. The fourth-order valence-electron chi connectivity index (χ4n) is 1.92. The Morgan fingerprint density at radius 2 is 1.50 bits per heavy atom. The molecule has 20 heavy (non-hydrogen) atoms. The van der Waals surface area contributed by atoms with E-state index in [2.05, 4.69) is 0 Å². The Kier molecular flexibility index (Phi) is 4.41. The molecule has 3 heteroatoms. The quantitative estimate of drug-likeness (QED) is 0.769. The van der Waals surface area contributed by atoms with Gasteiger partial charge in [-0.15, -0.1) is 0 Å². The number of hydrogen-bond donors (Lipinski definition) is 0. The fraction of sp³-hybridized carbons (Fsp3) is 0.235. The largest absolute Gasteiger partial charge is 0.497 e. The Balaban J connectivity index is 2.06. The molecule has 2 aromatic carbocycles. The number of benzene rings is 2. The first-order valence-electron chi connectivity index (χ1n) is 6.52. The molecule has 0 fully saturated rings. The van der Waals surface area contributed by atoms with Gasteiger partial charge in [-0.25, -0.2) is 0 Å². The van der Waals surface area contributed by atoms with Gasteiger partial charge in [-0.1, -0.05) is 12.1 Å². The van der Waals surface area contributed by atoms with E-state index in [4.69, 9.17) is 9.47 Å². The van der Waals surface area contributed by atoms with Gasteiger partial charge in [0.25, 0.3) is 0 Å². The molecule has 0 bridgehead atoms. The normalized spacial score (nSPS) is 11.8. The van der Waals surface area contributed by atoms with Crippen LogP contribution in [0.5, 0.6) is 11.5 Å². The first-order chi connectivity index (χ1) is 9.60. The van der Waals surface area contributed by atoms with Gasteiger partial charge in [-0.05, 0) is 55.8 Å². The van der Waals surface area contributed by atoms with Gasteiger partial charge >= 0.3 is 0 Å². The van der Waals surface area contributed by atoms with Crippen molar-refractivity contribution in [3.8, 4) is 11.5 Å². The van der Waals surface area contributed by atoms with Crippen molar-refractivity contribution in [2.24, 2.45) is 0 Å². The molecule has 0 heterocycles. The van der Waals surface area contributed by atoms with E-state index in [0.29, 0.717) is 5.56 Å². The highest BCUT2D eigenvalue weighted by Crippen LogP contribution is 2.23. The van der Waals surface area contributed by atoms with Crippen LogP contribution in [-0.4, -0.2) is 12.9 Å². The molecule has 0 aliphatic carbocycles. The Morgan fingerprint density at radius 1 is 0.950 bits per heavy atom. The van der Waals surface area contributed by atoms with Crippen LogP contribution in [0.4, 0.5) is 0 Å². The number of ketones is 1. The first kappa shape index (κ1) is 14.1. The summed E-state index contributed by atoms with van der Waals surface area (Å²) in [6.45, 7) is 3.54. The summed E-state index contributed by atoms with van der Waals surface area (Å²) < 4.78 is 11.0. The van der Waals surface area contributed by atoms with Crippen LogP contribution < -0.4 is 9.47 Å². The number of hydrogen-bond acceptors (Lipinski definition) is 3. The molecule has 0 aliphatic rings. The lowest BCUT2D eigenvalue weighted by Gasteiger charge is -2.15. The molecule has 0 aromatic heterocycles. The summed E-state index contributed by atoms with van der Waals surface area (Å²) >= 11 is 0. The van der Waals surface area contributed by atoms with E-state index in [1.165, 1.54) is 0 Å². The van der Waals surface area contributed by atoms with Crippen molar-refractivity contribution < 1.29 is 14.3 Å². The Bertz CT molecular complexity index is 570. The zero-order valence-electron chi connectivity index (χ0n) is 11.9. The summed E-state index contributed by atoms with van der Waals surface area (Å²) in [5.74, 6) is 1.63. The van der Waals surface area contributed by atoms with Gasteiger partial charge in [0.1, 0.15) is 17.6 Å². The fourth-order valence-corrected chi connectivity index (χ4v) is 1.92. The van der Waals surface area contributed by atoms with Crippen LogP contribution in [0.15, 0.2) is 48.5 Å². The highest BCUT2D eigenvalue weighted by Gasteiger charge is 2.08. The van der Waals surface area contributed by atoms with Crippen molar-refractivity contribution in [3.63, 3.8) is 0 Å². The van der Waals surface area contributed by atoms with E-state index in [0.717, 1.165) is 17.1 Å². The van der Waals surface area contributed by atoms with E-state index in [1.54, 1.807) is 26.2 Å². The molecule has 0 aliphatic heterocycles. The number of methoxy groups -OCH3 is 1. The summed E-state index contributed by atoms with van der Waals surface area (Å²) in [6.07, 6.45) is -0.0657. The van der Waals surface area contributed by atoms with E-state index in [-0.39, 0.29) is 11.9 Å². The summed E-state index contributed by atoms with van der Waals surface area (Å²) in [5.41, 5.74) is 1.76. The van der Waals surface area contributed by atoms with Crippen molar-refractivity contribution in [1.82, 2.24) is 0 Å². The zero-order chi connectivity index (χ0) is 14.5. The molecule has 0 saturated heterocycles. The summed E-state index contributed by atoms with van der Waals surface area (Å²) in [6, 6.07) is 15.0. The molecular formula is C17H18O3. The average molecular weight is 270 g/mol. The van der Waals surface area contributed by atoms with E-state index in [9.17, 15) is 4.79 Å². The molecule has 104 valence electrons. The molecule has 3 nitrogen and oxygen atoms in total. The first-order valence-corrected chi connectivity index (χ1v) is 6.52. The van der Waals surface area contributed by atoms with Crippen molar-refractivity contribution in [1.29, 1.82) is 0 Å². The van der Waals surface area contributed by atoms with E-state index >= 15 is 0 Å². The van der Waals surface area contributed by atoms with Crippen LogP contribution in [0.1, 0.15) is 35.9 Å². The molecule has 2 aromatic rings. The number of carbonyl (C=O) groups is 1. The molecule has 0 amide bonds. The predicted octanol–water partition coefficient (Wildman–Crippen LogP) is 4.04.